The first-order valence-corrected chi connectivity index (χ1v) is 6.53. The zero-order valence-corrected chi connectivity index (χ0v) is 13.9. The Bertz CT molecular complexity index is 627. The van der Waals surface area contributed by atoms with Crippen molar-refractivity contribution >= 4 is 41.8 Å². The van der Waals surface area contributed by atoms with Crippen LogP contribution < -0.4 is 10.6 Å². The number of carbonyl (C=O) groups excluding carboxylic acids is 1. The lowest BCUT2D eigenvalue weighted by atomic mass is 10.1. The molecule has 0 radical (unpaired) electrons. The van der Waals surface area contributed by atoms with Crippen molar-refractivity contribution in [1.29, 1.82) is 0 Å². The third kappa shape index (κ3) is 5.05. The summed E-state index contributed by atoms with van der Waals surface area (Å²) in [6.45, 7) is 5.25. The molecule has 0 bridgehead atoms. The minimum atomic E-state index is -0.497. The maximum Gasteiger partial charge on any atom is 0.253 e. The van der Waals surface area contributed by atoms with Gasteiger partial charge in [-0.2, -0.15) is 0 Å². The lowest BCUT2D eigenvalue weighted by Gasteiger charge is -2.13. The highest BCUT2D eigenvalue weighted by atomic mass is 35.5. The van der Waals surface area contributed by atoms with Crippen LogP contribution in [-0.4, -0.2) is 35.0 Å². The maximum absolute atomic E-state index is 13.5. The lowest BCUT2D eigenvalue weighted by molar-refractivity contribution is 0.0951. The molecule has 2 rings (SSSR count). The van der Waals surface area contributed by atoms with E-state index in [0.717, 1.165) is 6.54 Å². The number of likely N-dealkylation sites (N-methyl/N-ethyl adjacent to an activating group) is 1. The van der Waals surface area contributed by atoms with Gasteiger partial charge in [0.05, 0.1) is 11.1 Å². The van der Waals surface area contributed by atoms with Crippen molar-refractivity contribution in [2.24, 2.45) is 0 Å². The number of hydrogen-bond acceptors (Lipinski definition) is 4. The van der Waals surface area contributed by atoms with Crippen LogP contribution in [0.25, 0.3) is 11.0 Å². The monoisotopic (exact) mass is 348 g/mol. The van der Waals surface area contributed by atoms with Gasteiger partial charge in [0.15, 0.2) is 0 Å². The summed E-state index contributed by atoms with van der Waals surface area (Å²) in [5.41, 5.74) is 0.983. The molecule has 1 aromatic carbocycles. The zero-order valence-electron chi connectivity index (χ0n) is 12.3. The molecule has 5 nitrogen and oxygen atoms in total. The lowest BCUT2D eigenvalue weighted by Crippen LogP contribution is -2.38. The Morgan fingerprint density at radius 1 is 1.27 bits per heavy atom. The number of nitrogens with zero attached hydrogens (tertiary/aromatic N) is 2. The molecule has 0 saturated heterocycles. The summed E-state index contributed by atoms with van der Waals surface area (Å²) in [5.74, 6) is -0.845. The molecule has 22 heavy (non-hydrogen) atoms. The number of nitrogens with one attached hydrogen (secondary N) is 2. The van der Waals surface area contributed by atoms with Gasteiger partial charge in [0.2, 0.25) is 0 Å². The van der Waals surface area contributed by atoms with Crippen LogP contribution in [0.1, 0.15) is 24.2 Å². The van der Waals surface area contributed by atoms with E-state index in [2.05, 4.69) is 20.6 Å². The molecule has 1 heterocycles. The molecule has 1 amide bonds. The topological polar surface area (TPSA) is 66.9 Å². The standard InChI is InChI=1S/C14H17FN4O.2ClH/c1-3-16-9(2)8-19-14(20)11-6-10(15)7-12-13(11)18-5-4-17-12;;/h4-7,9,16H,3,8H2,1-2H3,(H,19,20);2*1H/t9-;;/m1../s1. The van der Waals surface area contributed by atoms with Gasteiger partial charge in [-0.3, -0.25) is 14.8 Å². The van der Waals surface area contributed by atoms with Gasteiger partial charge in [0.1, 0.15) is 11.3 Å². The second-order valence-electron chi connectivity index (χ2n) is 4.55. The molecule has 0 saturated carbocycles. The van der Waals surface area contributed by atoms with Gasteiger partial charge in [-0.05, 0) is 19.5 Å². The van der Waals surface area contributed by atoms with Crippen LogP contribution in [0, 0.1) is 5.82 Å². The highest BCUT2D eigenvalue weighted by Gasteiger charge is 2.14. The van der Waals surface area contributed by atoms with Crippen molar-refractivity contribution in [3.05, 3.63) is 35.9 Å². The first kappa shape index (κ1) is 20.5. The molecule has 2 N–H and O–H groups in total. The van der Waals surface area contributed by atoms with E-state index in [0.29, 0.717) is 17.6 Å². The van der Waals surface area contributed by atoms with Crippen molar-refractivity contribution in [2.45, 2.75) is 19.9 Å². The fraction of sp³-hybridized carbons (Fsp3) is 0.357. The molecular weight excluding hydrogens is 330 g/mol. The Labute approximate surface area is 140 Å². The fourth-order valence-corrected chi connectivity index (χ4v) is 1.98. The molecule has 1 aromatic heterocycles. The van der Waals surface area contributed by atoms with Crippen molar-refractivity contribution < 1.29 is 9.18 Å². The van der Waals surface area contributed by atoms with Crippen LogP contribution in [0.15, 0.2) is 24.5 Å². The van der Waals surface area contributed by atoms with Gasteiger partial charge >= 0.3 is 0 Å². The Hall–Kier alpha value is -1.50. The molecular formula is C14H19Cl2FN4O. The van der Waals surface area contributed by atoms with E-state index in [-0.39, 0.29) is 42.3 Å². The number of halogens is 3. The summed E-state index contributed by atoms with van der Waals surface area (Å²) in [6, 6.07) is 2.60. The summed E-state index contributed by atoms with van der Waals surface area (Å²) in [4.78, 5) is 20.3. The number of carbonyl (C=O) groups is 1. The average molecular weight is 349 g/mol. The molecule has 0 aliphatic heterocycles. The van der Waals surface area contributed by atoms with Crippen LogP contribution in [0.5, 0.6) is 0 Å². The van der Waals surface area contributed by atoms with Gasteiger partial charge in [-0.25, -0.2) is 4.39 Å². The number of rotatable bonds is 5. The summed E-state index contributed by atoms with van der Waals surface area (Å²) in [6.07, 6.45) is 2.95. The first-order chi connectivity index (χ1) is 9.61. The van der Waals surface area contributed by atoms with E-state index in [9.17, 15) is 9.18 Å². The minimum Gasteiger partial charge on any atom is -0.350 e. The van der Waals surface area contributed by atoms with Crippen LogP contribution in [-0.2, 0) is 0 Å². The Morgan fingerprint density at radius 3 is 2.64 bits per heavy atom. The molecule has 2 aromatic rings. The maximum atomic E-state index is 13.5. The van der Waals surface area contributed by atoms with E-state index in [4.69, 9.17) is 0 Å². The smallest absolute Gasteiger partial charge is 0.253 e. The van der Waals surface area contributed by atoms with E-state index in [1.54, 1.807) is 0 Å². The van der Waals surface area contributed by atoms with Crippen LogP contribution in [0.2, 0.25) is 0 Å². The SMILES string of the molecule is CCN[C@H](C)CNC(=O)c1cc(F)cc2nccnc12.Cl.Cl. The van der Waals surface area contributed by atoms with Gasteiger partial charge in [-0.1, -0.05) is 6.92 Å². The fourth-order valence-electron chi connectivity index (χ4n) is 1.98. The summed E-state index contributed by atoms with van der Waals surface area (Å²) in [7, 11) is 0. The second kappa shape index (κ2) is 9.50. The largest absolute Gasteiger partial charge is 0.350 e. The van der Waals surface area contributed by atoms with Crippen molar-refractivity contribution in [3.63, 3.8) is 0 Å². The Morgan fingerprint density at radius 2 is 1.95 bits per heavy atom. The molecule has 8 heteroatoms. The van der Waals surface area contributed by atoms with Crippen LogP contribution >= 0.6 is 24.8 Å². The normalized spacial score (nSPS) is 11.2. The Kier molecular flexibility index (Phi) is 8.86. The van der Waals surface area contributed by atoms with E-state index in [1.807, 2.05) is 13.8 Å². The Balaban J connectivity index is 0.00000220. The van der Waals surface area contributed by atoms with Gasteiger partial charge < -0.3 is 10.6 Å². The quantitative estimate of drug-likeness (QED) is 0.870. The molecule has 0 unspecified atom stereocenters. The van der Waals surface area contributed by atoms with E-state index >= 15 is 0 Å². The number of benzene rings is 1. The van der Waals surface area contributed by atoms with E-state index in [1.165, 1.54) is 24.5 Å². The second-order valence-corrected chi connectivity index (χ2v) is 4.55. The summed E-state index contributed by atoms with van der Waals surface area (Å²) < 4.78 is 13.5. The summed E-state index contributed by atoms with van der Waals surface area (Å²) >= 11 is 0. The summed E-state index contributed by atoms with van der Waals surface area (Å²) in [5, 5.41) is 5.95. The van der Waals surface area contributed by atoms with Crippen LogP contribution in [0.3, 0.4) is 0 Å². The highest BCUT2D eigenvalue weighted by Crippen LogP contribution is 2.16. The third-order valence-corrected chi connectivity index (χ3v) is 2.90. The average Bonchev–Trinajstić information content (AvgIpc) is 2.44. The molecule has 0 fully saturated rings. The van der Waals surface area contributed by atoms with Gasteiger partial charge in [-0.15, -0.1) is 24.8 Å². The molecule has 0 aliphatic rings. The number of fused-ring (bicyclic) bond motifs is 1. The molecule has 0 aliphatic carbocycles. The first-order valence-electron chi connectivity index (χ1n) is 6.53. The van der Waals surface area contributed by atoms with Crippen molar-refractivity contribution in [1.82, 2.24) is 20.6 Å². The van der Waals surface area contributed by atoms with E-state index < -0.39 is 5.82 Å². The number of aromatic nitrogens is 2. The molecule has 0 spiro atoms. The van der Waals surface area contributed by atoms with Crippen LogP contribution in [0.4, 0.5) is 4.39 Å². The third-order valence-electron chi connectivity index (χ3n) is 2.90. The number of amides is 1. The minimum absolute atomic E-state index is 0. The van der Waals surface area contributed by atoms with Gasteiger partial charge in [0, 0.05) is 31.0 Å². The van der Waals surface area contributed by atoms with Crippen molar-refractivity contribution in [3.8, 4) is 0 Å². The predicted molar refractivity (Wildman–Crippen MR) is 89.5 cm³/mol. The zero-order chi connectivity index (χ0) is 14.5. The highest BCUT2D eigenvalue weighted by molar-refractivity contribution is 6.04. The number of hydrogen-bond donors (Lipinski definition) is 2. The predicted octanol–water partition coefficient (Wildman–Crippen LogP) is 2.34. The van der Waals surface area contributed by atoms with Gasteiger partial charge in [0.25, 0.3) is 5.91 Å². The molecule has 122 valence electrons. The van der Waals surface area contributed by atoms with Crippen molar-refractivity contribution in [2.75, 3.05) is 13.1 Å². The molecule has 1 atom stereocenters.